The first kappa shape index (κ1) is 26.8. The number of piperidine rings is 1. The van der Waals surface area contributed by atoms with E-state index in [0.29, 0.717) is 24.5 Å². The molecule has 0 aliphatic carbocycles. The average Bonchev–Trinajstić information content (AvgIpc) is 2.88. The highest BCUT2D eigenvalue weighted by Gasteiger charge is 2.28. The lowest BCUT2D eigenvalue weighted by Crippen LogP contribution is -2.38. The number of carbonyl (C=O) groups excluding carboxylic acids is 1. The van der Waals surface area contributed by atoms with Crippen LogP contribution in [0.15, 0.2) is 82.6 Å². The highest BCUT2D eigenvalue weighted by Crippen LogP contribution is 2.26. The third-order valence-electron chi connectivity index (χ3n) is 6.28. The lowest BCUT2D eigenvalue weighted by Gasteiger charge is -2.26. The molecular weight excluding hydrogens is 510 g/mol. The van der Waals surface area contributed by atoms with Gasteiger partial charge in [0.25, 0.3) is 10.0 Å². The van der Waals surface area contributed by atoms with Crippen LogP contribution in [0.25, 0.3) is 0 Å². The molecule has 0 radical (unpaired) electrons. The molecule has 8 nitrogen and oxygen atoms in total. The number of anilines is 2. The van der Waals surface area contributed by atoms with Crippen LogP contribution in [0, 0.1) is 13.8 Å². The Labute approximate surface area is 219 Å². The van der Waals surface area contributed by atoms with Crippen LogP contribution < -0.4 is 9.62 Å². The van der Waals surface area contributed by atoms with E-state index in [-0.39, 0.29) is 9.79 Å². The third-order valence-corrected chi connectivity index (χ3v) is 9.98. The van der Waals surface area contributed by atoms with Gasteiger partial charge in [0.15, 0.2) is 0 Å². The summed E-state index contributed by atoms with van der Waals surface area (Å²) in [5.41, 5.74) is 2.52. The number of rotatable bonds is 8. The van der Waals surface area contributed by atoms with Crippen LogP contribution in [0.2, 0.25) is 0 Å². The second kappa shape index (κ2) is 11.0. The predicted molar refractivity (Wildman–Crippen MR) is 145 cm³/mol. The number of hydrogen-bond donors (Lipinski definition) is 1. The molecule has 1 amide bonds. The molecular formula is C27H31N3O5S2. The van der Waals surface area contributed by atoms with Crippen molar-refractivity contribution in [3.8, 4) is 0 Å². The number of sulfonamides is 2. The number of amides is 1. The molecule has 37 heavy (non-hydrogen) atoms. The van der Waals surface area contributed by atoms with Crippen molar-refractivity contribution < 1.29 is 21.6 Å². The Balaban J connectivity index is 1.54. The summed E-state index contributed by atoms with van der Waals surface area (Å²) in [6.07, 6.45) is 2.71. The van der Waals surface area contributed by atoms with Crippen molar-refractivity contribution in [1.82, 2.24) is 4.31 Å². The summed E-state index contributed by atoms with van der Waals surface area (Å²) in [5, 5.41) is 2.69. The van der Waals surface area contributed by atoms with Crippen molar-refractivity contribution in [3.05, 3.63) is 83.9 Å². The minimum absolute atomic E-state index is 0.0830. The minimum atomic E-state index is -4.03. The zero-order valence-electron chi connectivity index (χ0n) is 20.9. The lowest BCUT2D eigenvalue weighted by atomic mass is 10.2. The first-order chi connectivity index (χ1) is 17.6. The van der Waals surface area contributed by atoms with Gasteiger partial charge in [-0.15, -0.1) is 0 Å². The van der Waals surface area contributed by atoms with Gasteiger partial charge in [0.05, 0.1) is 15.5 Å². The predicted octanol–water partition coefficient (Wildman–Crippen LogP) is 4.31. The molecule has 0 atom stereocenters. The van der Waals surface area contributed by atoms with Gasteiger partial charge in [-0.05, 0) is 80.8 Å². The van der Waals surface area contributed by atoms with Gasteiger partial charge in [-0.25, -0.2) is 16.8 Å². The largest absolute Gasteiger partial charge is 0.325 e. The molecule has 10 heteroatoms. The van der Waals surface area contributed by atoms with E-state index in [2.05, 4.69) is 5.32 Å². The van der Waals surface area contributed by atoms with E-state index in [1.165, 1.54) is 40.7 Å². The number of nitrogens with zero attached hydrogens (tertiary/aromatic N) is 2. The molecule has 1 aliphatic rings. The molecule has 1 heterocycles. The quantitative estimate of drug-likeness (QED) is 0.458. The van der Waals surface area contributed by atoms with Crippen LogP contribution in [0.3, 0.4) is 0 Å². The second-order valence-corrected chi connectivity index (χ2v) is 13.0. The smallest absolute Gasteiger partial charge is 0.264 e. The summed E-state index contributed by atoms with van der Waals surface area (Å²) in [6, 6.07) is 19.3. The minimum Gasteiger partial charge on any atom is -0.325 e. The summed E-state index contributed by atoms with van der Waals surface area (Å²) < 4.78 is 55.4. The first-order valence-corrected chi connectivity index (χ1v) is 15.0. The Kier molecular flexibility index (Phi) is 8.01. The standard InChI is InChI=1S/C27H31N3O5S2/c1-21-9-13-26(14-10-21)37(34,35)30(24-8-6-7-22(2)19-24)20-27(31)28-23-11-15-25(16-12-23)36(32,33)29-17-4-3-5-18-29/h6-16,19H,3-5,17-18,20H2,1-2H3,(H,28,31). The number of hydrogen-bond acceptors (Lipinski definition) is 5. The number of nitrogens with one attached hydrogen (secondary N) is 1. The molecule has 4 rings (SSSR count). The van der Waals surface area contributed by atoms with Crippen molar-refractivity contribution in [2.45, 2.75) is 42.9 Å². The Morgan fingerprint density at radius 1 is 0.811 bits per heavy atom. The van der Waals surface area contributed by atoms with Crippen molar-refractivity contribution in [1.29, 1.82) is 0 Å². The molecule has 196 valence electrons. The molecule has 0 saturated carbocycles. The van der Waals surface area contributed by atoms with Gasteiger partial charge in [-0.3, -0.25) is 9.10 Å². The SMILES string of the molecule is Cc1ccc(S(=O)(=O)N(CC(=O)Nc2ccc(S(=O)(=O)N3CCCCC3)cc2)c2cccc(C)c2)cc1. The maximum Gasteiger partial charge on any atom is 0.264 e. The highest BCUT2D eigenvalue weighted by molar-refractivity contribution is 7.92. The van der Waals surface area contributed by atoms with Crippen molar-refractivity contribution in [2.75, 3.05) is 29.3 Å². The lowest BCUT2D eigenvalue weighted by molar-refractivity contribution is -0.114. The fourth-order valence-electron chi connectivity index (χ4n) is 4.23. The van der Waals surface area contributed by atoms with Crippen LogP contribution >= 0.6 is 0 Å². The molecule has 0 bridgehead atoms. The Morgan fingerprint density at radius 3 is 2.05 bits per heavy atom. The maximum absolute atomic E-state index is 13.5. The first-order valence-electron chi connectivity index (χ1n) is 12.1. The van der Waals surface area contributed by atoms with E-state index < -0.39 is 32.5 Å². The number of aryl methyl sites for hydroxylation is 2. The van der Waals surface area contributed by atoms with Gasteiger partial charge in [0.2, 0.25) is 15.9 Å². The van der Waals surface area contributed by atoms with Crippen molar-refractivity contribution in [3.63, 3.8) is 0 Å². The summed E-state index contributed by atoms with van der Waals surface area (Å²) >= 11 is 0. The molecule has 3 aromatic carbocycles. The van der Waals surface area contributed by atoms with E-state index in [1.807, 2.05) is 19.9 Å². The zero-order valence-corrected chi connectivity index (χ0v) is 22.6. The Hall–Kier alpha value is -3.21. The van der Waals surface area contributed by atoms with Gasteiger partial charge >= 0.3 is 0 Å². The van der Waals surface area contributed by atoms with Gasteiger partial charge in [0, 0.05) is 18.8 Å². The molecule has 1 fully saturated rings. The zero-order chi connectivity index (χ0) is 26.6. The van der Waals surface area contributed by atoms with E-state index >= 15 is 0 Å². The molecule has 1 saturated heterocycles. The monoisotopic (exact) mass is 541 g/mol. The topological polar surface area (TPSA) is 104 Å². The third kappa shape index (κ3) is 6.20. The van der Waals surface area contributed by atoms with Gasteiger partial charge in [-0.2, -0.15) is 4.31 Å². The van der Waals surface area contributed by atoms with E-state index in [1.54, 1.807) is 30.3 Å². The summed E-state index contributed by atoms with van der Waals surface area (Å²) in [4.78, 5) is 13.2. The average molecular weight is 542 g/mol. The van der Waals surface area contributed by atoms with Crippen LogP contribution in [-0.2, 0) is 24.8 Å². The molecule has 3 aromatic rings. The number of benzene rings is 3. The van der Waals surface area contributed by atoms with E-state index in [9.17, 15) is 21.6 Å². The fraction of sp³-hybridized carbons (Fsp3) is 0.296. The fourth-order valence-corrected chi connectivity index (χ4v) is 7.16. The van der Waals surface area contributed by atoms with Crippen molar-refractivity contribution >= 4 is 37.3 Å². The molecule has 0 unspecified atom stereocenters. The summed E-state index contributed by atoms with van der Waals surface area (Å²) in [6.45, 7) is 4.27. The Morgan fingerprint density at radius 2 is 1.43 bits per heavy atom. The Bertz CT molecular complexity index is 1460. The van der Waals surface area contributed by atoms with Crippen molar-refractivity contribution in [2.24, 2.45) is 0 Å². The molecule has 1 aliphatic heterocycles. The number of carbonyl (C=O) groups is 1. The van der Waals surface area contributed by atoms with Crippen LogP contribution in [0.4, 0.5) is 11.4 Å². The van der Waals surface area contributed by atoms with Gasteiger partial charge in [-0.1, -0.05) is 36.2 Å². The highest BCUT2D eigenvalue weighted by atomic mass is 32.2. The van der Waals surface area contributed by atoms with E-state index in [4.69, 9.17) is 0 Å². The summed E-state index contributed by atoms with van der Waals surface area (Å²) in [7, 11) is -7.61. The van der Waals surface area contributed by atoms with Gasteiger partial charge < -0.3 is 5.32 Å². The normalized spacial score (nSPS) is 14.8. The molecule has 0 spiro atoms. The molecule has 0 aromatic heterocycles. The summed E-state index contributed by atoms with van der Waals surface area (Å²) in [5.74, 6) is -0.552. The van der Waals surface area contributed by atoms with Crippen LogP contribution in [0.5, 0.6) is 0 Å². The van der Waals surface area contributed by atoms with Crippen LogP contribution in [0.1, 0.15) is 30.4 Å². The van der Waals surface area contributed by atoms with Gasteiger partial charge in [0.1, 0.15) is 6.54 Å². The van der Waals surface area contributed by atoms with Crippen LogP contribution in [-0.4, -0.2) is 46.7 Å². The maximum atomic E-state index is 13.5. The molecule has 1 N–H and O–H groups in total. The van der Waals surface area contributed by atoms with E-state index in [0.717, 1.165) is 34.7 Å². The second-order valence-electron chi connectivity index (χ2n) is 9.20.